The van der Waals surface area contributed by atoms with Gasteiger partial charge in [0.2, 0.25) is 0 Å². The molecule has 0 aromatic carbocycles. The van der Waals surface area contributed by atoms with Gasteiger partial charge >= 0.3 is 0 Å². The number of nitrogen functional groups attached to an aromatic ring is 1. The molecular formula is C14H22N4O. The molecule has 1 aliphatic heterocycles. The summed E-state index contributed by atoms with van der Waals surface area (Å²) >= 11 is 0. The van der Waals surface area contributed by atoms with Crippen molar-refractivity contribution in [3.8, 4) is 0 Å². The Morgan fingerprint density at radius 1 is 1.53 bits per heavy atom. The lowest BCUT2D eigenvalue weighted by atomic mass is 10.1. The second kappa shape index (κ2) is 5.57. The summed E-state index contributed by atoms with van der Waals surface area (Å²) in [6, 6.07) is 1.97. The highest BCUT2D eigenvalue weighted by molar-refractivity contribution is 6.01. The Kier molecular flexibility index (Phi) is 4.04. The molecule has 0 amide bonds. The van der Waals surface area contributed by atoms with Crippen molar-refractivity contribution >= 4 is 11.7 Å². The van der Waals surface area contributed by atoms with Crippen molar-refractivity contribution in [2.24, 2.45) is 5.73 Å². The molecule has 1 saturated heterocycles. The van der Waals surface area contributed by atoms with Crippen molar-refractivity contribution in [3.05, 3.63) is 22.9 Å². The van der Waals surface area contributed by atoms with E-state index in [2.05, 4.69) is 16.8 Å². The van der Waals surface area contributed by atoms with Gasteiger partial charge in [0.1, 0.15) is 11.7 Å². The number of nitrogens with one attached hydrogen (secondary N) is 1. The number of hydrogen-bond acceptors (Lipinski definition) is 4. The monoisotopic (exact) mass is 262 g/mol. The predicted octanol–water partition coefficient (Wildman–Crippen LogP) is 1.60. The molecule has 2 rings (SSSR count). The number of aryl methyl sites for hydroxylation is 2. The lowest BCUT2D eigenvalue weighted by molar-refractivity contribution is 0.0820. The Morgan fingerprint density at radius 2 is 2.26 bits per heavy atom. The average Bonchev–Trinajstić information content (AvgIpc) is 2.52. The Balaban J connectivity index is 2.44. The maximum Gasteiger partial charge on any atom is 0.140 e. The first-order chi connectivity index (χ1) is 8.99. The average molecular weight is 262 g/mol. The molecule has 0 aliphatic carbocycles. The number of aromatic nitrogens is 1. The predicted molar refractivity (Wildman–Crippen MR) is 77.0 cm³/mol. The standard InChI is InChI=1S/C14H22N4O/c1-9-7-10(2)17-14(12(9)13(15)16)18-5-4-6-19-11(3)8-18/h7,11H,4-6,8H2,1-3H3,(H3,15,16). The summed E-state index contributed by atoms with van der Waals surface area (Å²) in [7, 11) is 0. The van der Waals surface area contributed by atoms with E-state index < -0.39 is 0 Å². The number of anilines is 1. The van der Waals surface area contributed by atoms with Crippen LogP contribution in [0.5, 0.6) is 0 Å². The molecule has 1 aromatic rings. The van der Waals surface area contributed by atoms with Crippen molar-refractivity contribution in [3.63, 3.8) is 0 Å². The van der Waals surface area contributed by atoms with Crippen LogP contribution in [0.3, 0.4) is 0 Å². The van der Waals surface area contributed by atoms with Gasteiger partial charge in [0.15, 0.2) is 0 Å². The van der Waals surface area contributed by atoms with Gasteiger partial charge in [0.05, 0.1) is 11.7 Å². The lowest BCUT2D eigenvalue weighted by Gasteiger charge is -2.26. The number of nitrogens with zero attached hydrogens (tertiary/aromatic N) is 2. The van der Waals surface area contributed by atoms with Crippen LogP contribution in [0.1, 0.15) is 30.2 Å². The maximum absolute atomic E-state index is 7.79. The van der Waals surface area contributed by atoms with Crippen LogP contribution < -0.4 is 10.6 Å². The molecule has 0 bridgehead atoms. The summed E-state index contributed by atoms with van der Waals surface area (Å²) in [5, 5.41) is 7.79. The number of nitrogens with two attached hydrogens (primary N) is 1. The van der Waals surface area contributed by atoms with E-state index in [1.165, 1.54) is 0 Å². The van der Waals surface area contributed by atoms with E-state index in [1.54, 1.807) is 0 Å². The molecule has 1 aromatic heterocycles. The second-order valence-electron chi connectivity index (χ2n) is 5.17. The van der Waals surface area contributed by atoms with Crippen LogP contribution in [0.2, 0.25) is 0 Å². The van der Waals surface area contributed by atoms with Crippen LogP contribution in [0.25, 0.3) is 0 Å². The van der Waals surface area contributed by atoms with E-state index in [4.69, 9.17) is 15.9 Å². The minimum absolute atomic E-state index is 0.0813. The molecule has 2 heterocycles. The zero-order chi connectivity index (χ0) is 14.0. The largest absolute Gasteiger partial charge is 0.384 e. The topological polar surface area (TPSA) is 75.2 Å². The molecule has 1 atom stereocenters. The fourth-order valence-corrected chi connectivity index (χ4v) is 2.57. The Labute approximate surface area is 114 Å². The van der Waals surface area contributed by atoms with E-state index in [-0.39, 0.29) is 11.9 Å². The number of rotatable bonds is 2. The van der Waals surface area contributed by atoms with Crippen molar-refractivity contribution < 1.29 is 4.74 Å². The van der Waals surface area contributed by atoms with Crippen LogP contribution >= 0.6 is 0 Å². The Bertz CT molecular complexity index is 487. The summed E-state index contributed by atoms with van der Waals surface area (Å²) < 4.78 is 5.66. The molecule has 104 valence electrons. The summed E-state index contributed by atoms with van der Waals surface area (Å²) in [6.45, 7) is 8.47. The number of amidine groups is 1. The van der Waals surface area contributed by atoms with Gasteiger partial charge in [-0.2, -0.15) is 0 Å². The van der Waals surface area contributed by atoms with E-state index in [0.717, 1.165) is 48.8 Å². The summed E-state index contributed by atoms with van der Waals surface area (Å²) in [6.07, 6.45) is 1.14. The minimum Gasteiger partial charge on any atom is -0.384 e. The molecule has 3 N–H and O–H groups in total. The van der Waals surface area contributed by atoms with Gasteiger partial charge in [-0.1, -0.05) is 0 Å². The number of hydrogen-bond donors (Lipinski definition) is 2. The number of ether oxygens (including phenoxy) is 1. The van der Waals surface area contributed by atoms with E-state index in [9.17, 15) is 0 Å². The number of pyridine rings is 1. The maximum atomic E-state index is 7.79. The van der Waals surface area contributed by atoms with E-state index in [0.29, 0.717) is 0 Å². The van der Waals surface area contributed by atoms with Gasteiger partial charge in [-0.25, -0.2) is 4.98 Å². The van der Waals surface area contributed by atoms with Gasteiger partial charge in [-0.3, -0.25) is 5.41 Å². The zero-order valence-electron chi connectivity index (χ0n) is 11.9. The summed E-state index contributed by atoms with van der Waals surface area (Å²) in [4.78, 5) is 6.79. The molecule has 5 nitrogen and oxygen atoms in total. The molecule has 1 fully saturated rings. The highest BCUT2D eigenvalue weighted by atomic mass is 16.5. The van der Waals surface area contributed by atoms with Crippen molar-refractivity contribution in [1.82, 2.24) is 4.98 Å². The quantitative estimate of drug-likeness (QED) is 0.627. The highest BCUT2D eigenvalue weighted by Gasteiger charge is 2.21. The molecule has 1 unspecified atom stereocenters. The molecule has 1 aliphatic rings. The summed E-state index contributed by atoms with van der Waals surface area (Å²) in [5.41, 5.74) is 8.44. The molecule has 0 spiro atoms. The van der Waals surface area contributed by atoms with Gasteiger partial charge < -0.3 is 15.4 Å². The van der Waals surface area contributed by atoms with Crippen LogP contribution in [0, 0.1) is 19.3 Å². The first kappa shape index (κ1) is 13.8. The fraction of sp³-hybridized carbons (Fsp3) is 0.571. The SMILES string of the molecule is Cc1cc(C)c(C(=N)N)c(N2CCCOC(C)C2)n1. The zero-order valence-corrected chi connectivity index (χ0v) is 11.9. The molecule has 0 saturated carbocycles. The van der Waals surface area contributed by atoms with Crippen LogP contribution in [0.15, 0.2) is 6.07 Å². The second-order valence-corrected chi connectivity index (χ2v) is 5.17. The van der Waals surface area contributed by atoms with Crippen LogP contribution in [-0.4, -0.2) is 36.6 Å². The minimum atomic E-state index is 0.0813. The fourth-order valence-electron chi connectivity index (χ4n) is 2.57. The first-order valence-corrected chi connectivity index (χ1v) is 6.68. The van der Waals surface area contributed by atoms with Crippen molar-refractivity contribution in [2.45, 2.75) is 33.3 Å². The van der Waals surface area contributed by atoms with Gasteiger partial charge in [-0.15, -0.1) is 0 Å². The smallest absolute Gasteiger partial charge is 0.140 e. The third-order valence-electron chi connectivity index (χ3n) is 3.35. The Morgan fingerprint density at radius 3 is 2.95 bits per heavy atom. The van der Waals surface area contributed by atoms with E-state index in [1.807, 2.05) is 19.9 Å². The van der Waals surface area contributed by atoms with Gasteiger partial charge in [0.25, 0.3) is 0 Å². The van der Waals surface area contributed by atoms with Gasteiger partial charge in [-0.05, 0) is 38.8 Å². The third-order valence-corrected chi connectivity index (χ3v) is 3.35. The molecule has 0 radical (unpaired) electrons. The van der Waals surface area contributed by atoms with Gasteiger partial charge in [0, 0.05) is 25.4 Å². The van der Waals surface area contributed by atoms with E-state index >= 15 is 0 Å². The molecule has 5 heteroatoms. The normalized spacial score (nSPS) is 20.2. The molecule has 19 heavy (non-hydrogen) atoms. The first-order valence-electron chi connectivity index (χ1n) is 6.68. The summed E-state index contributed by atoms with van der Waals surface area (Å²) in [5.74, 6) is 0.903. The molecular weight excluding hydrogens is 240 g/mol. The van der Waals surface area contributed by atoms with Crippen molar-refractivity contribution in [1.29, 1.82) is 5.41 Å². The van der Waals surface area contributed by atoms with Crippen LogP contribution in [-0.2, 0) is 4.74 Å². The Hall–Kier alpha value is -1.62. The lowest BCUT2D eigenvalue weighted by Crippen LogP contribution is -2.33. The van der Waals surface area contributed by atoms with Crippen LogP contribution in [0.4, 0.5) is 5.82 Å². The highest BCUT2D eigenvalue weighted by Crippen LogP contribution is 2.24. The third kappa shape index (κ3) is 3.04. The van der Waals surface area contributed by atoms with Crippen molar-refractivity contribution in [2.75, 3.05) is 24.6 Å².